The Hall–Kier alpha value is -0.610. The van der Waals surface area contributed by atoms with Crippen LogP contribution >= 0.6 is 0 Å². The smallest absolute Gasteiger partial charge is 0.223 e. The summed E-state index contributed by atoms with van der Waals surface area (Å²) in [6.07, 6.45) is 11.6. The zero-order valence-corrected chi connectivity index (χ0v) is 14.4. The highest BCUT2D eigenvalue weighted by Crippen LogP contribution is 2.46. The van der Waals surface area contributed by atoms with E-state index in [1.807, 2.05) is 0 Å². The standard InChI is InChI=1S/C19H33N3O/c23-19(20-9-12-22-10-2-1-3-11-22)14-7-8-18-16(13-14)15-5-4-6-17(15)21-18/h14-18,21H,1-13H2,(H,20,23). The van der Waals surface area contributed by atoms with Gasteiger partial charge in [0.1, 0.15) is 0 Å². The van der Waals surface area contributed by atoms with Crippen LogP contribution in [0.2, 0.25) is 0 Å². The number of carbonyl (C=O) groups excluding carboxylic acids is 1. The maximum atomic E-state index is 12.6. The summed E-state index contributed by atoms with van der Waals surface area (Å²) in [5.74, 6) is 2.25. The van der Waals surface area contributed by atoms with Gasteiger partial charge in [-0.1, -0.05) is 12.8 Å². The Labute approximate surface area is 140 Å². The molecular weight excluding hydrogens is 286 g/mol. The first-order chi connectivity index (χ1) is 11.3. The van der Waals surface area contributed by atoms with Gasteiger partial charge in [-0.05, 0) is 69.9 Å². The fraction of sp³-hybridized carbons (Fsp3) is 0.947. The number of carbonyl (C=O) groups is 1. The van der Waals surface area contributed by atoms with E-state index in [-0.39, 0.29) is 5.92 Å². The number of fused-ring (bicyclic) bond motifs is 3. The molecule has 0 radical (unpaired) electrons. The Kier molecular flexibility index (Phi) is 4.91. The monoisotopic (exact) mass is 319 g/mol. The van der Waals surface area contributed by atoms with Crippen molar-refractivity contribution in [2.45, 2.75) is 69.9 Å². The van der Waals surface area contributed by atoms with E-state index in [0.717, 1.165) is 43.8 Å². The van der Waals surface area contributed by atoms with Crippen molar-refractivity contribution < 1.29 is 4.79 Å². The minimum atomic E-state index is 0.277. The molecule has 0 spiro atoms. The summed E-state index contributed by atoms with van der Waals surface area (Å²) >= 11 is 0. The van der Waals surface area contributed by atoms with Crippen molar-refractivity contribution in [2.24, 2.45) is 17.8 Å². The molecule has 4 fully saturated rings. The van der Waals surface area contributed by atoms with Crippen molar-refractivity contribution in [2.75, 3.05) is 26.2 Å². The molecule has 0 aromatic rings. The highest BCUT2D eigenvalue weighted by atomic mass is 16.1. The van der Waals surface area contributed by atoms with Gasteiger partial charge in [-0.25, -0.2) is 0 Å². The molecular formula is C19H33N3O. The van der Waals surface area contributed by atoms with E-state index in [2.05, 4.69) is 15.5 Å². The lowest BCUT2D eigenvalue weighted by Gasteiger charge is -2.33. The van der Waals surface area contributed by atoms with Gasteiger partial charge < -0.3 is 15.5 Å². The SMILES string of the molecule is O=C(NCCN1CCCCC1)C1CCC2NC3CCCC3C2C1. The number of hydrogen-bond donors (Lipinski definition) is 2. The van der Waals surface area contributed by atoms with Crippen LogP contribution in [0.5, 0.6) is 0 Å². The molecule has 2 aliphatic carbocycles. The summed E-state index contributed by atoms with van der Waals surface area (Å²) in [6, 6.07) is 1.48. The molecule has 0 aromatic carbocycles. The molecule has 2 aliphatic heterocycles. The first-order valence-corrected chi connectivity index (χ1v) is 10.1. The molecule has 0 bridgehead atoms. The van der Waals surface area contributed by atoms with Crippen LogP contribution in [0.15, 0.2) is 0 Å². The first kappa shape index (κ1) is 15.9. The minimum absolute atomic E-state index is 0.277. The highest BCUT2D eigenvalue weighted by molar-refractivity contribution is 5.78. The number of nitrogens with zero attached hydrogens (tertiary/aromatic N) is 1. The number of piperidine rings is 1. The van der Waals surface area contributed by atoms with Crippen molar-refractivity contribution in [3.63, 3.8) is 0 Å². The lowest BCUT2D eigenvalue weighted by Crippen LogP contribution is -2.43. The molecule has 2 N–H and O–H groups in total. The fourth-order valence-corrected chi connectivity index (χ4v) is 5.77. The molecule has 2 saturated carbocycles. The average molecular weight is 319 g/mol. The molecule has 0 aromatic heterocycles. The summed E-state index contributed by atoms with van der Waals surface area (Å²) in [4.78, 5) is 15.1. The minimum Gasteiger partial charge on any atom is -0.355 e. The van der Waals surface area contributed by atoms with Crippen LogP contribution in [0.1, 0.15) is 57.8 Å². The molecule has 23 heavy (non-hydrogen) atoms. The van der Waals surface area contributed by atoms with Gasteiger partial charge in [0.2, 0.25) is 5.91 Å². The van der Waals surface area contributed by atoms with E-state index in [0.29, 0.717) is 11.9 Å². The summed E-state index contributed by atoms with van der Waals surface area (Å²) in [7, 11) is 0. The van der Waals surface area contributed by atoms with E-state index in [1.54, 1.807) is 0 Å². The first-order valence-electron chi connectivity index (χ1n) is 10.1. The average Bonchev–Trinajstić information content (AvgIpc) is 3.16. The molecule has 2 saturated heterocycles. The molecule has 4 heteroatoms. The summed E-state index contributed by atoms with van der Waals surface area (Å²) in [5.41, 5.74) is 0. The van der Waals surface area contributed by atoms with Crippen LogP contribution in [-0.2, 0) is 4.79 Å². The van der Waals surface area contributed by atoms with E-state index < -0.39 is 0 Å². The van der Waals surface area contributed by atoms with Gasteiger partial charge in [0.05, 0.1) is 0 Å². The fourth-order valence-electron chi connectivity index (χ4n) is 5.77. The Morgan fingerprint density at radius 1 is 0.957 bits per heavy atom. The van der Waals surface area contributed by atoms with E-state index in [9.17, 15) is 4.79 Å². The Balaban J connectivity index is 1.23. The largest absolute Gasteiger partial charge is 0.355 e. The molecule has 130 valence electrons. The van der Waals surface area contributed by atoms with Crippen molar-refractivity contribution in [3.8, 4) is 0 Å². The molecule has 4 nitrogen and oxygen atoms in total. The van der Waals surface area contributed by atoms with Crippen LogP contribution in [0.4, 0.5) is 0 Å². The van der Waals surface area contributed by atoms with Crippen LogP contribution in [-0.4, -0.2) is 49.1 Å². The van der Waals surface area contributed by atoms with E-state index in [4.69, 9.17) is 0 Å². The lowest BCUT2D eigenvalue weighted by molar-refractivity contribution is -0.126. The summed E-state index contributed by atoms with van der Waals surface area (Å²) in [5, 5.41) is 7.10. The lowest BCUT2D eigenvalue weighted by atomic mass is 9.73. The van der Waals surface area contributed by atoms with E-state index in [1.165, 1.54) is 58.0 Å². The van der Waals surface area contributed by atoms with Crippen LogP contribution in [0, 0.1) is 17.8 Å². The zero-order chi connectivity index (χ0) is 15.6. The second-order valence-corrected chi connectivity index (χ2v) is 8.34. The predicted octanol–water partition coefficient (Wildman–Crippen LogP) is 2.15. The number of hydrogen-bond acceptors (Lipinski definition) is 3. The summed E-state index contributed by atoms with van der Waals surface area (Å²) < 4.78 is 0. The third kappa shape index (κ3) is 3.43. The third-order valence-corrected chi connectivity index (χ3v) is 6.99. The van der Waals surface area contributed by atoms with Crippen LogP contribution in [0.25, 0.3) is 0 Å². The van der Waals surface area contributed by atoms with Gasteiger partial charge in [-0.15, -0.1) is 0 Å². The van der Waals surface area contributed by atoms with Crippen molar-refractivity contribution in [1.82, 2.24) is 15.5 Å². The second kappa shape index (κ2) is 7.10. The van der Waals surface area contributed by atoms with Gasteiger partial charge in [0.25, 0.3) is 0 Å². The number of rotatable bonds is 4. The van der Waals surface area contributed by atoms with Crippen LogP contribution < -0.4 is 10.6 Å². The normalized spacial score (nSPS) is 40.6. The molecule has 4 rings (SSSR count). The van der Waals surface area contributed by atoms with Crippen molar-refractivity contribution in [1.29, 1.82) is 0 Å². The van der Waals surface area contributed by atoms with Gasteiger partial charge in [0.15, 0.2) is 0 Å². The number of likely N-dealkylation sites (tertiary alicyclic amines) is 1. The van der Waals surface area contributed by atoms with Gasteiger partial charge in [-0.3, -0.25) is 4.79 Å². The Bertz CT molecular complexity index is 421. The highest BCUT2D eigenvalue weighted by Gasteiger charge is 2.48. The van der Waals surface area contributed by atoms with E-state index >= 15 is 0 Å². The molecule has 2 heterocycles. The molecule has 5 atom stereocenters. The summed E-state index contributed by atoms with van der Waals surface area (Å²) in [6.45, 7) is 4.32. The van der Waals surface area contributed by atoms with Crippen molar-refractivity contribution >= 4 is 5.91 Å². The van der Waals surface area contributed by atoms with Gasteiger partial charge in [0, 0.05) is 31.1 Å². The topological polar surface area (TPSA) is 44.4 Å². The van der Waals surface area contributed by atoms with Crippen molar-refractivity contribution in [3.05, 3.63) is 0 Å². The Morgan fingerprint density at radius 3 is 2.65 bits per heavy atom. The van der Waals surface area contributed by atoms with Gasteiger partial charge in [-0.2, -0.15) is 0 Å². The Morgan fingerprint density at radius 2 is 1.78 bits per heavy atom. The third-order valence-electron chi connectivity index (χ3n) is 6.99. The maximum absolute atomic E-state index is 12.6. The molecule has 5 unspecified atom stereocenters. The van der Waals surface area contributed by atoms with Crippen LogP contribution in [0.3, 0.4) is 0 Å². The molecule has 1 amide bonds. The second-order valence-electron chi connectivity index (χ2n) is 8.34. The molecule has 4 aliphatic rings. The number of amides is 1. The quantitative estimate of drug-likeness (QED) is 0.834. The zero-order valence-electron chi connectivity index (χ0n) is 14.4. The predicted molar refractivity (Wildman–Crippen MR) is 92.2 cm³/mol. The number of nitrogens with one attached hydrogen (secondary N) is 2. The van der Waals surface area contributed by atoms with Gasteiger partial charge >= 0.3 is 0 Å². The maximum Gasteiger partial charge on any atom is 0.223 e.